The number of benzene rings is 2. The first-order valence-electron chi connectivity index (χ1n) is 8.35. The molecular formula is C19H21ClF2N2O3. The molecule has 1 aliphatic heterocycles. The summed E-state index contributed by atoms with van der Waals surface area (Å²) in [6, 6.07) is 13.7. The van der Waals surface area contributed by atoms with Gasteiger partial charge in [-0.15, -0.1) is 12.4 Å². The Hall–Kier alpha value is -2.22. The van der Waals surface area contributed by atoms with Crippen molar-refractivity contribution >= 4 is 24.0 Å². The molecule has 1 unspecified atom stereocenters. The smallest absolute Gasteiger partial charge is 0.387 e. The molecule has 1 saturated heterocycles. The van der Waals surface area contributed by atoms with Gasteiger partial charge in [-0.05, 0) is 23.8 Å². The lowest BCUT2D eigenvalue weighted by Crippen LogP contribution is -2.48. The van der Waals surface area contributed by atoms with Gasteiger partial charge in [0.05, 0.1) is 13.2 Å². The van der Waals surface area contributed by atoms with Gasteiger partial charge in [-0.1, -0.05) is 30.3 Å². The number of alkyl halides is 2. The second-order valence-electron chi connectivity index (χ2n) is 5.93. The molecule has 8 heteroatoms. The van der Waals surface area contributed by atoms with Crippen LogP contribution in [0.3, 0.4) is 0 Å². The zero-order chi connectivity index (χ0) is 18.4. The van der Waals surface area contributed by atoms with Crippen LogP contribution >= 0.6 is 12.4 Å². The predicted octanol–water partition coefficient (Wildman–Crippen LogP) is 3.23. The van der Waals surface area contributed by atoms with Crippen molar-refractivity contribution in [3.8, 4) is 5.75 Å². The third-order valence-electron chi connectivity index (χ3n) is 4.02. The molecule has 0 saturated carbocycles. The minimum atomic E-state index is -2.91. The monoisotopic (exact) mass is 398 g/mol. The van der Waals surface area contributed by atoms with Crippen molar-refractivity contribution in [2.24, 2.45) is 0 Å². The molecule has 2 aromatic rings. The summed E-state index contributed by atoms with van der Waals surface area (Å²) >= 11 is 0. The first-order chi connectivity index (χ1) is 12.6. The Labute approximate surface area is 162 Å². The molecule has 1 heterocycles. The number of anilines is 1. The van der Waals surface area contributed by atoms with Gasteiger partial charge >= 0.3 is 6.61 Å². The largest absolute Gasteiger partial charge is 0.435 e. The molecule has 1 fully saturated rings. The minimum Gasteiger partial charge on any atom is -0.435 e. The van der Waals surface area contributed by atoms with E-state index in [9.17, 15) is 13.6 Å². The lowest BCUT2D eigenvalue weighted by molar-refractivity contribution is -0.120. The van der Waals surface area contributed by atoms with Crippen molar-refractivity contribution in [3.63, 3.8) is 0 Å². The zero-order valence-corrected chi connectivity index (χ0v) is 15.3. The molecule has 27 heavy (non-hydrogen) atoms. The second-order valence-corrected chi connectivity index (χ2v) is 5.93. The van der Waals surface area contributed by atoms with Crippen LogP contribution in [-0.2, 0) is 16.0 Å². The number of hydrogen-bond acceptors (Lipinski definition) is 4. The predicted molar refractivity (Wildman–Crippen MR) is 101 cm³/mol. The fraction of sp³-hybridized carbons (Fsp3) is 0.316. The molecule has 5 nitrogen and oxygen atoms in total. The number of rotatable bonds is 6. The molecule has 0 radical (unpaired) electrons. The molecule has 0 spiro atoms. The number of amides is 1. The standard InChI is InChI=1S/C19H20F2N2O3.ClH/c20-19(21)26-17-7-6-15(23-18(24)16-12-25-9-8-22-16)11-14(17)10-13-4-2-1-3-5-13;/h1-7,11,16,19,22H,8-10,12H2,(H,23,24);1H. The molecule has 1 atom stereocenters. The average molecular weight is 399 g/mol. The first-order valence-corrected chi connectivity index (χ1v) is 8.35. The Bertz CT molecular complexity index is 741. The van der Waals surface area contributed by atoms with Crippen molar-refractivity contribution in [2.75, 3.05) is 25.1 Å². The van der Waals surface area contributed by atoms with Gasteiger partial charge < -0.3 is 20.1 Å². The van der Waals surface area contributed by atoms with Crippen LogP contribution in [0.1, 0.15) is 11.1 Å². The van der Waals surface area contributed by atoms with E-state index >= 15 is 0 Å². The lowest BCUT2D eigenvalue weighted by Gasteiger charge is -2.23. The number of morpholine rings is 1. The number of nitrogens with one attached hydrogen (secondary N) is 2. The first kappa shape index (κ1) is 21.1. The number of halogens is 3. The fourth-order valence-electron chi connectivity index (χ4n) is 2.79. The van der Waals surface area contributed by atoms with Crippen LogP contribution in [0.5, 0.6) is 5.75 Å². The summed E-state index contributed by atoms with van der Waals surface area (Å²) in [5.41, 5.74) is 2.05. The molecule has 1 aliphatic rings. The van der Waals surface area contributed by atoms with E-state index in [1.165, 1.54) is 6.07 Å². The highest BCUT2D eigenvalue weighted by atomic mass is 35.5. The van der Waals surface area contributed by atoms with Crippen LogP contribution in [0.25, 0.3) is 0 Å². The fourth-order valence-corrected chi connectivity index (χ4v) is 2.79. The Morgan fingerprint density at radius 2 is 2.04 bits per heavy atom. The maximum Gasteiger partial charge on any atom is 0.387 e. The summed E-state index contributed by atoms with van der Waals surface area (Å²) in [6.45, 7) is -1.42. The van der Waals surface area contributed by atoms with E-state index in [2.05, 4.69) is 15.4 Å². The quantitative estimate of drug-likeness (QED) is 0.784. The highest BCUT2D eigenvalue weighted by molar-refractivity contribution is 5.95. The number of carbonyl (C=O) groups excluding carboxylic acids is 1. The van der Waals surface area contributed by atoms with Crippen LogP contribution in [0.15, 0.2) is 48.5 Å². The molecule has 0 aromatic heterocycles. The summed E-state index contributed by atoms with van der Waals surface area (Å²) in [7, 11) is 0. The maximum atomic E-state index is 12.7. The van der Waals surface area contributed by atoms with E-state index < -0.39 is 12.7 Å². The van der Waals surface area contributed by atoms with Gasteiger partial charge in [0.1, 0.15) is 11.8 Å². The summed E-state index contributed by atoms with van der Waals surface area (Å²) in [5, 5.41) is 5.86. The van der Waals surface area contributed by atoms with E-state index in [-0.39, 0.29) is 24.1 Å². The zero-order valence-electron chi connectivity index (χ0n) is 14.5. The van der Waals surface area contributed by atoms with E-state index in [1.807, 2.05) is 30.3 Å². The topological polar surface area (TPSA) is 59.6 Å². The summed E-state index contributed by atoms with van der Waals surface area (Å²) < 4.78 is 35.3. The molecule has 2 N–H and O–H groups in total. The molecule has 2 aromatic carbocycles. The van der Waals surface area contributed by atoms with Gasteiger partial charge in [0.2, 0.25) is 5.91 Å². The van der Waals surface area contributed by atoms with Crippen LogP contribution < -0.4 is 15.4 Å². The van der Waals surface area contributed by atoms with Crippen LogP contribution in [0.2, 0.25) is 0 Å². The van der Waals surface area contributed by atoms with Gasteiger partial charge in [-0.25, -0.2) is 0 Å². The summed E-state index contributed by atoms with van der Waals surface area (Å²) in [4.78, 5) is 12.3. The van der Waals surface area contributed by atoms with Gasteiger partial charge in [0.15, 0.2) is 0 Å². The highest BCUT2D eigenvalue weighted by Gasteiger charge is 2.21. The molecule has 1 amide bonds. The molecule has 0 bridgehead atoms. The number of ether oxygens (including phenoxy) is 2. The van der Waals surface area contributed by atoms with E-state index in [0.717, 1.165) is 5.56 Å². The van der Waals surface area contributed by atoms with Crippen molar-refractivity contribution in [3.05, 3.63) is 59.7 Å². The Morgan fingerprint density at radius 3 is 2.70 bits per heavy atom. The third-order valence-corrected chi connectivity index (χ3v) is 4.02. The summed E-state index contributed by atoms with van der Waals surface area (Å²) in [6.07, 6.45) is 0.414. The average Bonchev–Trinajstić information content (AvgIpc) is 2.65. The molecule has 0 aliphatic carbocycles. The number of carbonyl (C=O) groups is 1. The Morgan fingerprint density at radius 1 is 1.26 bits per heavy atom. The van der Waals surface area contributed by atoms with Gasteiger partial charge in [-0.2, -0.15) is 8.78 Å². The van der Waals surface area contributed by atoms with Crippen LogP contribution in [0.4, 0.5) is 14.5 Å². The van der Waals surface area contributed by atoms with Gasteiger partial charge in [-0.3, -0.25) is 4.79 Å². The van der Waals surface area contributed by atoms with Crippen molar-refractivity contribution < 1.29 is 23.0 Å². The van der Waals surface area contributed by atoms with E-state index in [4.69, 9.17) is 4.74 Å². The van der Waals surface area contributed by atoms with Crippen molar-refractivity contribution in [1.29, 1.82) is 0 Å². The van der Waals surface area contributed by atoms with Gasteiger partial charge in [0.25, 0.3) is 0 Å². The highest BCUT2D eigenvalue weighted by Crippen LogP contribution is 2.27. The third kappa shape index (κ3) is 6.16. The van der Waals surface area contributed by atoms with Crippen molar-refractivity contribution in [2.45, 2.75) is 19.1 Å². The SMILES string of the molecule is Cl.O=C(Nc1ccc(OC(F)F)c(Cc2ccccc2)c1)C1COCCN1. The molecule has 3 rings (SSSR count). The Kier molecular flexibility index (Phi) is 7.97. The van der Waals surface area contributed by atoms with Crippen molar-refractivity contribution in [1.82, 2.24) is 5.32 Å². The maximum absolute atomic E-state index is 12.7. The van der Waals surface area contributed by atoms with Crippen LogP contribution in [0, 0.1) is 0 Å². The molecule has 146 valence electrons. The number of hydrogen-bond donors (Lipinski definition) is 2. The Balaban J connectivity index is 0.00000261. The molecular weight excluding hydrogens is 378 g/mol. The minimum absolute atomic E-state index is 0. The van der Waals surface area contributed by atoms with Gasteiger partial charge in [0, 0.05) is 24.2 Å². The second kappa shape index (κ2) is 10.2. The van der Waals surface area contributed by atoms with E-state index in [1.54, 1.807) is 12.1 Å². The normalized spacial score (nSPS) is 16.5. The van der Waals surface area contributed by atoms with Crippen LogP contribution in [-0.4, -0.2) is 38.3 Å². The van der Waals surface area contributed by atoms with E-state index in [0.29, 0.717) is 37.4 Å². The summed E-state index contributed by atoms with van der Waals surface area (Å²) in [5.74, 6) is -0.126. The lowest BCUT2D eigenvalue weighted by atomic mass is 10.0.